The molecule has 6 heteroatoms. The van der Waals surface area contributed by atoms with Crippen LogP contribution >= 0.6 is 0 Å². The van der Waals surface area contributed by atoms with Crippen LogP contribution in [0.15, 0.2) is 29.4 Å². The Morgan fingerprint density at radius 1 is 1.41 bits per heavy atom. The summed E-state index contributed by atoms with van der Waals surface area (Å²) in [7, 11) is 1.66. The molecule has 6 nitrogen and oxygen atoms in total. The number of methoxy groups -OCH3 is 1. The third kappa shape index (κ3) is 4.43. The second kappa shape index (κ2) is 8.30. The van der Waals surface area contributed by atoms with E-state index in [4.69, 9.17) is 9.57 Å². The van der Waals surface area contributed by atoms with E-state index in [0.29, 0.717) is 25.4 Å². The molecule has 1 aromatic rings. The summed E-state index contributed by atoms with van der Waals surface area (Å²) in [5, 5.41) is 14.2. The maximum atomic E-state index is 12.8. The standard InChI is InChI=1S/C21H30N2O4/c1-15(2)18-12-19(27-22-18)20(25)23-9-7-21(14-24,8-10-23)13-16-5-4-6-17(11-16)26-3/h4-6,11,15,19,24H,7-10,12-14H2,1-3H3/t19-/m0/s1. The van der Waals surface area contributed by atoms with Gasteiger partial charge in [0, 0.05) is 31.5 Å². The Hall–Kier alpha value is -2.08. The number of carbonyl (C=O) groups is 1. The van der Waals surface area contributed by atoms with Crippen molar-refractivity contribution in [2.75, 3.05) is 26.8 Å². The molecule has 0 radical (unpaired) electrons. The summed E-state index contributed by atoms with van der Waals surface area (Å²) in [6.45, 7) is 5.52. The lowest BCUT2D eigenvalue weighted by Crippen LogP contribution is -2.48. The van der Waals surface area contributed by atoms with Gasteiger partial charge in [0.1, 0.15) is 5.75 Å². The van der Waals surface area contributed by atoms with Crippen molar-refractivity contribution >= 4 is 11.6 Å². The number of oxime groups is 1. The van der Waals surface area contributed by atoms with Crippen LogP contribution in [0.2, 0.25) is 0 Å². The van der Waals surface area contributed by atoms with E-state index in [1.54, 1.807) is 7.11 Å². The van der Waals surface area contributed by atoms with Crippen LogP contribution in [0.5, 0.6) is 5.75 Å². The lowest BCUT2D eigenvalue weighted by Gasteiger charge is -2.41. The Balaban J connectivity index is 1.58. The van der Waals surface area contributed by atoms with Gasteiger partial charge in [-0.25, -0.2) is 0 Å². The van der Waals surface area contributed by atoms with Crippen LogP contribution in [0.3, 0.4) is 0 Å². The molecular formula is C21H30N2O4. The normalized spacial score (nSPS) is 21.7. The third-order valence-electron chi connectivity index (χ3n) is 5.82. The van der Waals surface area contributed by atoms with Gasteiger partial charge in [-0.1, -0.05) is 31.1 Å². The predicted molar refractivity (Wildman–Crippen MR) is 104 cm³/mol. The van der Waals surface area contributed by atoms with Crippen molar-refractivity contribution in [3.05, 3.63) is 29.8 Å². The maximum absolute atomic E-state index is 12.8. The number of aliphatic hydroxyl groups excluding tert-OH is 1. The molecule has 0 spiro atoms. The highest BCUT2D eigenvalue weighted by atomic mass is 16.6. The summed E-state index contributed by atoms with van der Waals surface area (Å²) in [5.41, 5.74) is 1.91. The zero-order valence-corrected chi connectivity index (χ0v) is 16.5. The average molecular weight is 374 g/mol. The van der Waals surface area contributed by atoms with Crippen molar-refractivity contribution in [1.29, 1.82) is 0 Å². The Morgan fingerprint density at radius 3 is 2.74 bits per heavy atom. The summed E-state index contributed by atoms with van der Waals surface area (Å²) in [5.74, 6) is 1.14. The second-order valence-corrected chi connectivity index (χ2v) is 8.05. The van der Waals surface area contributed by atoms with Gasteiger partial charge in [0.05, 0.1) is 12.8 Å². The summed E-state index contributed by atoms with van der Waals surface area (Å²) in [6, 6.07) is 7.98. The highest BCUT2D eigenvalue weighted by Gasteiger charge is 2.39. The number of nitrogens with zero attached hydrogens (tertiary/aromatic N) is 2. The molecule has 3 rings (SSSR count). The number of amides is 1. The molecule has 1 amide bonds. The number of hydrogen-bond donors (Lipinski definition) is 1. The molecule has 0 unspecified atom stereocenters. The number of piperidine rings is 1. The molecule has 0 saturated carbocycles. The first-order chi connectivity index (χ1) is 13.0. The predicted octanol–water partition coefficient (Wildman–Crippen LogP) is 2.64. The minimum absolute atomic E-state index is 0.0160. The molecule has 2 aliphatic rings. The van der Waals surface area contributed by atoms with E-state index in [2.05, 4.69) is 25.1 Å². The van der Waals surface area contributed by atoms with Gasteiger partial charge >= 0.3 is 0 Å². The third-order valence-corrected chi connectivity index (χ3v) is 5.82. The lowest BCUT2D eigenvalue weighted by molar-refractivity contribution is -0.145. The number of carbonyl (C=O) groups excluding carboxylic acids is 1. The molecule has 1 N–H and O–H groups in total. The van der Waals surface area contributed by atoms with E-state index in [0.717, 1.165) is 36.3 Å². The van der Waals surface area contributed by atoms with E-state index in [1.165, 1.54) is 0 Å². The molecular weight excluding hydrogens is 344 g/mol. The number of hydrogen-bond acceptors (Lipinski definition) is 5. The van der Waals surface area contributed by atoms with Crippen molar-refractivity contribution in [3.8, 4) is 5.75 Å². The van der Waals surface area contributed by atoms with Gasteiger partial charge in [0.15, 0.2) is 0 Å². The Bertz CT molecular complexity index is 693. The van der Waals surface area contributed by atoms with Crippen molar-refractivity contribution in [2.45, 2.75) is 45.6 Å². The monoisotopic (exact) mass is 374 g/mol. The minimum Gasteiger partial charge on any atom is -0.497 e. The average Bonchev–Trinajstić information content (AvgIpc) is 3.19. The molecule has 27 heavy (non-hydrogen) atoms. The van der Waals surface area contributed by atoms with Gasteiger partial charge in [0.25, 0.3) is 5.91 Å². The fourth-order valence-electron chi connectivity index (χ4n) is 3.88. The van der Waals surface area contributed by atoms with Crippen LogP contribution in [-0.2, 0) is 16.1 Å². The van der Waals surface area contributed by atoms with Gasteiger partial charge in [-0.05, 0) is 42.9 Å². The van der Waals surface area contributed by atoms with Crippen LogP contribution in [-0.4, -0.2) is 54.5 Å². The summed E-state index contributed by atoms with van der Waals surface area (Å²) >= 11 is 0. The van der Waals surface area contributed by atoms with E-state index in [9.17, 15) is 9.90 Å². The number of benzene rings is 1. The smallest absolute Gasteiger partial charge is 0.266 e. The molecule has 2 aliphatic heterocycles. The Kier molecular flexibility index (Phi) is 6.05. The van der Waals surface area contributed by atoms with Crippen molar-refractivity contribution in [3.63, 3.8) is 0 Å². The lowest BCUT2D eigenvalue weighted by atomic mass is 9.74. The molecule has 2 heterocycles. The van der Waals surface area contributed by atoms with Crippen molar-refractivity contribution < 1.29 is 19.5 Å². The zero-order chi connectivity index (χ0) is 19.4. The van der Waals surface area contributed by atoms with E-state index >= 15 is 0 Å². The van der Waals surface area contributed by atoms with Gasteiger partial charge in [-0.2, -0.15) is 0 Å². The highest BCUT2D eigenvalue weighted by Crippen LogP contribution is 2.36. The molecule has 148 valence electrons. The van der Waals surface area contributed by atoms with E-state index < -0.39 is 6.10 Å². The van der Waals surface area contributed by atoms with Crippen LogP contribution in [0.25, 0.3) is 0 Å². The highest BCUT2D eigenvalue weighted by molar-refractivity contribution is 5.93. The molecule has 0 aromatic heterocycles. The molecule has 0 bridgehead atoms. The zero-order valence-electron chi connectivity index (χ0n) is 16.5. The first kappa shape index (κ1) is 19.7. The van der Waals surface area contributed by atoms with Crippen LogP contribution in [0.1, 0.15) is 38.7 Å². The number of likely N-dealkylation sites (tertiary alicyclic amines) is 1. The quantitative estimate of drug-likeness (QED) is 0.831. The van der Waals surface area contributed by atoms with Gasteiger partial charge in [0.2, 0.25) is 6.10 Å². The minimum atomic E-state index is -0.484. The van der Waals surface area contributed by atoms with Crippen molar-refractivity contribution in [2.24, 2.45) is 16.5 Å². The topological polar surface area (TPSA) is 71.4 Å². The van der Waals surface area contributed by atoms with Crippen molar-refractivity contribution in [1.82, 2.24) is 4.90 Å². The largest absolute Gasteiger partial charge is 0.497 e. The fourth-order valence-corrected chi connectivity index (χ4v) is 3.88. The molecule has 1 aromatic carbocycles. The van der Waals surface area contributed by atoms with Crippen LogP contribution < -0.4 is 4.74 Å². The van der Waals surface area contributed by atoms with Crippen LogP contribution in [0, 0.1) is 11.3 Å². The second-order valence-electron chi connectivity index (χ2n) is 8.05. The Labute approximate surface area is 161 Å². The first-order valence-electron chi connectivity index (χ1n) is 9.71. The summed E-state index contributed by atoms with van der Waals surface area (Å²) in [4.78, 5) is 20.0. The Morgan fingerprint density at radius 2 is 2.15 bits per heavy atom. The van der Waals surface area contributed by atoms with E-state index in [1.807, 2.05) is 23.1 Å². The SMILES string of the molecule is COc1cccc(CC2(CO)CCN(C(=O)[C@@H]3CC(C(C)C)=NO3)CC2)c1. The first-order valence-corrected chi connectivity index (χ1v) is 9.71. The number of aliphatic hydroxyl groups is 1. The van der Waals surface area contributed by atoms with E-state index in [-0.39, 0.29) is 17.9 Å². The molecule has 1 fully saturated rings. The maximum Gasteiger partial charge on any atom is 0.266 e. The van der Waals surface area contributed by atoms with Gasteiger partial charge in [-0.3, -0.25) is 4.79 Å². The van der Waals surface area contributed by atoms with Crippen LogP contribution in [0.4, 0.5) is 0 Å². The fraction of sp³-hybridized carbons (Fsp3) is 0.619. The summed E-state index contributed by atoms with van der Waals surface area (Å²) in [6.07, 6.45) is 2.43. The number of ether oxygens (including phenoxy) is 1. The molecule has 1 saturated heterocycles. The van der Waals surface area contributed by atoms with Gasteiger partial charge in [-0.15, -0.1) is 0 Å². The number of rotatable bonds is 6. The summed E-state index contributed by atoms with van der Waals surface area (Å²) < 4.78 is 5.30. The molecule has 1 atom stereocenters. The molecule has 0 aliphatic carbocycles. The van der Waals surface area contributed by atoms with Gasteiger partial charge < -0.3 is 19.6 Å².